The molecule has 6 aromatic rings. The molecule has 0 amide bonds. The highest BCUT2D eigenvalue weighted by atomic mass is 16.5. The predicted molar refractivity (Wildman–Crippen MR) is 186 cm³/mol. The van der Waals surface area contributed by atoms with Crippen molar-refractivity contribution in [1.82, 2.24) is 15.0 Å². The number of ether oxygens (including phenoxy) is 2. The van der Waals surface area contributed by atoms with Gasteiger partial charge in [-0.2, -0.15) is 0 Å². The predicted octanol–water partition coefficient (Wildman–Crippen LogP) is 9.94. The Morgan fingerprint density at radius 1 is 0.532 bits per heavy atom. The lowest BCUT2D eigenvalue weighted by atomic mass is 9.74. The molecule has 3 aliphatic rings. The van der Waals surface area contributed by atoms with Gasteiger partial charge in [0.1, 0.15) is 11.9 Å². The normalized spacial score (nSPS) is 17.9. The van der Waals surface area contributed by atoms with Crippen LogP contribution in [0.1, 0.15) is 36.5 Å². The van der Waals surface area contributed by atoms with E-state index in [1.54, 1.807) is 0 Å². The van der Waals surface area contributed by atoms with E-state index < -0.39 is 0 Å². The molecule has 1 aromatic heterocycles. The fourth-order valence-electron chi connectivity index (χ4n) is 6.99. The van der Waals surface area contributed by atoms with Crippen molar-refractivity contribution < 1.29 is 9.47 Å². The highest BCUT2D eigenvalue weighted by Crippen LogP contribution is 2.56. The van der Waals surface area contributed by atoms with Crippen LogP contribution in [0.2, 0.25) is 0 Å². The third-order valence-electron chi connectivity index (χ3n) is 9.53. The van der Waals surface area contributed by atoms with Crippen LogP contribution < -0.4 is 9.47 Å². The molecule has 0 saturated carbocycles. The maximum Gasteiger partial charge on any atom is 0.173 e. The van der Waals surface area contributed by atoms with Gasteiger partial charge in [0.05, 0.1) is 0 Å². The topological polar surface area (TPSA) is 57.1 Å². The van der Waals surface area contributed by atoms with Gasteiger partial charge >= 0.3 is 0 Å². The van der Waals surface area contributed by atoms with Gasteiger partial charge < -0.3 is 9.47 Å². The number of fused-ring (bicyclic) bond motifs is 6. The van der Waals surface area contributed by atoms with Gasteiger partial charge in [-0.1, -0.05) is 129 Å². The van der Waals surface area contributed by atoms with Crippen molar-refractivity contribution in [3.8, 4) is 62.5 Å². The molecule has 0 saturated heterocycles. The summed E-state index contributed by atoms with van der Waals surface area (Å²) in [6, 6.07) is 39.5. The average molecular weight is 610 g/mol. The zero-order valence-corrected chi connectivity index (χ0v) is 26.1. The Hall–Kier alpha value is -5.81. The van der Waals surface area contributed by atoms with Crippen molar-refractivity contribution >= 4 is 0 Å². The minimum atomic E-state index is -0.294. The number of rotatable bonds is 4. The average Bonchev–Trinajstić information content (AvgIpc) is 3.52. The van der Waals surface area contributed by atoms with Crippen molar-refractivity contribution in [2.75, 3.05) is 0 Å². The first-order valence-corrected chi connectivity index (χ1v) is 16.0. The SMILES string of the molecule is CC1(C)c2cc(-c3cccc(-c4nc(-c5ccccc5)nc(-c5ccccc5)n4)c3)ccc2Oc2c1ccc1c2OC2C=CC=CC12. The highest BCUT2D eigenvalue weighted by molar-refractivity contribution is 5.75. The Morgan fingerprint density at radius 3 is 1.87 bits per heavy atom. The molecular weight excluding hydrogens is 578 g/mol. The Kier molecular flexibility index (Phi) is 6.22. The summed E-state index contributed by atoms with van der Waals surface area (Å²) < 4.78 is 13.1. The molecule has 0 bridgehead atoms. The molecule has 9 rings (SSSR count). The zero-order chi connectivity index (χ0) is 31.5. The van der Waals surface area contributed by atoms with Crippen molar-refractivity contribution in [3.05, 3.63) is 156 Å². The van der Waals surface area contributed by atoms with Gasteiger partial charge in [0.25, 0.3) is 0 Å². The van der Waals surface area contributed by atoms with E-state index >= 15 is 0 Å². The molecule has 0 fully saturated rings. The van der Waals surface area contributed by atoms with Crippen LogP contribution in [0, 0.1) is 0 Å². The maximum atomic E-state index is 6.66. The lowest BCUT2D eigenvalue weighted by molar-refractivity contribution is 0.257. The second-order valence-electron chi connectivity index (χ2n) is 12.8. The van der Waals surface area contributed by atoms with Crippen LogP contribution in [0.5, 0.6) is 17.2 Å². The molecule has 0 radical (unpaired) electrons. The Balaban J connectivity index is 1.10. The molecular formula is C42H31N3O2. The monoisotopic (exact) mass is 609 g/mol. The van der Waals surface area contributed by atoms with Crippen LogP contribution in [0.4, 0.5) is 0 Å². The van der Waals surface area contributed by atoms with E-state index in [9.17, 15) is 0 Å². The van der Waals surface area contributed by atoms with E-state index in [4.69, 9.17) is 24.4 Å². The van der Waals surface area contributed by atoms with Crippen LogP contribution in [-0.4, -0.2) is 21.1 Å². The molecule has 2 unspecified atom stereocenters. The third kappa shape index (κ3) is 4.58. The van der Waals surface area contributed by atoms with Crippen LogP contribution in [0.3, 0.4) is 0 Å². The van der Waals surface area contributed by atoms with E-state index in [1.807, 2.05) is 60.7 Å². The maximum absolute atomic E-state index is 6.66. The summed E-state index contributed by atoms with van der Waals surface area (Å²) in [5.41, 5.74) is 8.17. The number of benzene rings is 5. The van der Waals surface area contributed by atoms with Crippen LogP contribution in [0.25, 0.3) is 45.3 Å². The summed E-state index contributed by atoms with van der Waals surface area (Å²) in [4.78, 5) is 14.7. The fourth-order valence-corrected chi connectivity index (χ4v) is 6.99. The summed E-state index contributed by atoms with van der Waals surface area (Å²) in [6.07, 6.45) is 8.51. The van der Waals surface area contributed by atoms with Gasteiger partial charge in [-0.3, -0.25) is 0 Å². The molecule has 226 valence electrons. The summed E-state index contributed by atoms with van der Waals surface area (Å²) in [5, 5.41) is 0. The quantitative estimate of drug-likeness (QED) is 0.199. The number of allylic oxidation sites excluding steroid dienone is 2. The van der Waals surface area contributed by atoms with Gasteiger partial charge in [0.2, 0.25) is 0 Å². The minimum absolute atomic E-state index is 0.0150. The van der Waals surface area contributed by atoms with E-state index in [2.05, 4.69) is 92.7 Å². The molecule has 47 heavy (non-hydrogen) atoms. The number of hydrogen-bond acceptors (Lipinski definition) is 5. The lowest BCUT2D eigenvalue weighted by Gasteiger charge is -2.35. The van der Waals surface area contributed by atoms with Crippen LogP contribution in [-0.2, 0) is 5.41 Å². The summed E-state index contributed by atoms with van der Waals surface area (Å²) >= 11 is 0. The first kappa shape index (κ1) is 27.5. The molecule has 5 nitrogen and oxygen atoms in total. The molecule has 3 heterocycles. The highest BCUT2D eigenvalue weighted by Gasteiger charge is 2.41. The molecule has 5 aromatic carbocycles. The zero-order valence-electron chi connectivity index (χ0n) is 26.1. The van der Waals surface area contributed by atoms with Crippen molar-refractivity contribution in [2.45, 2.75) is 31.3 Å². The Labute approximate surface area is 273 Å². The molecule has 0 spiro atoms. The standard InChI is InChI=1S/C42H31N3O2/c1-42(2)33-22-21-32-31-18-9-10-19-35(31)46-37(32)38(33)47-36-23-20-29(25-34(36)42)28-16-11-17-30(24-28)41-44-39(26-12-5-3-6-13-26)43-40(45-41)27-14-7-4-8-15-27/h3-25,31,35H,1-2H3. The molecule has 0 N–H and O–H groups in total. The Morgan fingerprint density at radius 2 is 1.15 bits per heavy atom. The minimum Gasteiger partial charge on any atom is -0.481 e. The van der Waals surface area contributed by atoms with Gasteiger partial charge in [-0.05, 0) is 35.4 Å². The van der Waals surface area contributed by atoms with E-state index in [1.165, 1.54) is 5.56 Å². The first-order valence-electron chi connectivity index (χ1n) is 16.0. The van der Waals surface area contributed by atoms with E-state index in [-0.39, 0.29) is 17.4 Å². The van der Waals surface area contributed by atoms with E-state index in [0.29, 0.717) is 17.5 Å². The van der Waals surface area contributed by atoms with Crippen molar-refractivity contribution in [1.29, 1.82) is 0 Å². The summed E-state index contributed by atoms with van der Waals surface area (Å²) in [7, 11) is 0. The second-order valence-corrected chi connectivity index (χ2v) is 12.8. The Bertz CT molecular complexity index is 2180. The molecule has 2 atom stereocenters. The van der Waals surface area contributed by atoms with Crippen LogP contribution in [0.15, 0.2) is 140 Å². The first-order chi connectivity index (χ1) is 23.0. The van der Waals surface area contributed by atoms with Crippen molar-refractivity contribution in [2.24, 2.45) is 0 Å². The van der Waals surface area contributed by atoms with Gasteiger partial charge in [0, 0.05) is 44.7 Å². The van der Waals surface area contributed by atoms with E-state index in [0.717, 1.165) is 56.2 Å². The third-order valence-corrected chi connectivity index (χ3v) is 9.53. The molecule has 2 aliphatic heterocycles. The van der Waals surface area contributed by atoms with Gasteiger partial charge in [-0.25, -0.2) is 15.0 Å². The molecule has 1 aliphatic carbocycles. The largest absolute Gasteiger partial charge is 0.481 e. The number of aromatic nitrogens is 3. The fraction of sp³-hybridized carbons (Fsp3) is 0.119. The lowest BCUT2D eigenvalue weighted by Crippen LogP contribution is -2.24. The molecule has 5 heteroatoms. The summed E-state index contributed by atoms with van der Waals surface area (Å²) in [5.74, 6) is 4.71. The van der Waals surface area contributed by atoms with Crippen molar-refractivity contribution in [3.63, 3.8) is 0 Å². The van der Waals surface area contributed by atoms with Gasteiger partial charge in [0.15, 0.2) is 29.0 Å². The number of hydrogen-bond donors (Lipinski definition) is 0. The summed E-state index contributed by atoms with van der Waals surface area (Å²) in [6.45, 7) is 4.53. The smallest absolute Gasteiger partial charge is 0.173 e. The second kappa shape index (κ2) is 10.6. The van der Waals surface area contributed by atoms with Crippen LogP contribution >= 0.6 is 0 Å². The number of nitrogens with zero attached hydrogens (tertiary/aromatic N) is 3. The van der Waals surface area contributed by atoms with Gasteiger partial charge in [-0.15, -0.1) is 0 Å².